The van der Waals surface area contributed by atoms with Crippen molar-refractivity contribution in [3.05, 3.63) is 29.8 Å². The van der Waals surface area contributed by atoms with Crippen molar-refractivity contribution >= 4 is 0 Å². The summed E-state index contributed by atoms with van der Waals surface area (Å²) in [7, 11) is 1.74. The number of hydrogen-bond acceptors (Lipinski definition) is 1. The zero-order valence-corrected chi connectivity index (χ0v) is 14.2. The second kappa shape index (κ2) is 7.87. The van der Waals surface area contributed by atoms with Crippen molar-refractivity contribution < 1.29 is 4.74 Å². The number of methoxy groups -OCH3 is 1. The topological polar surface area (TPSA) is 9.23 Å². The average molecular weight is 288 g/mol. The molecular weight excluding hydrogens is 256 g/mol. The van der Waals surface area contributed by atoms with E-state index in [9.17, 15) is 0 Å². The van der Waals surface area contributed by atoms with Gasteiger partial charge in [-0.2, -0.15) is 0 Å². The van der Waals surface area contributed by atoms with Gasteiger partial charge in [-0.25, -0.2) is 0 Å². The quantitative estimate of drug-likeness (QED) is 0.533. The molecule has 21 heavy (non-hydrogen) atoms. The van der Waals surface area contributed by atoms with Gasteiger partial charge in [0.15, 0.2) is 0 Å². The maximum atomic E-state index is 5.25. The Hall–Kier alpha value is -0.980. The largest absolute Gasteiger partial charge is 0.497 e. The predicted octanol–water partition coefficient (Wildman–Crippen LogP) is 6.33. The molecule has 0 heterocycles. The van der Waals surface area contributed by atoms with Crippen LogP contribution in [0.25, 0.3) is 0 Å². The van der Waals surface area contributed by atoms with E-state index >= 15 is 0 Å². The molecule has 0 unspecified atom stereocenters. The lowest BCUT2D eigenvalue weighted by molar-refractivity contribution is 0.178. The Bertz CT molecular complexity index is 398. The summed E-state index contributed by atoms with van der Waals surface area (Å²) in [4.78, 5) is 0. The van der Waals surface area contributed by atoms with Crippen LogP contribution in [0.3, 0.4) is 0 Å². The molecular formula is C20H32O. The van der Waals surface area contributed by atoms with E-state index in [0.29, 0.717) is 5.41 Å². The van der Waals surface area contributed by atoms with Crippen molar-refractivity contribution in [1.82, 2.24) is 0 Å². The Morgan fingerprint density at radius 2 is 1.71 bits per heavy atom. The van der Waals surface area contributed by atoms with E-state index < -0.39 is 0 Å². The minimum atomic E-state index is 0.608. The molecule has 2 rings (SSSR count). The summed E-state index contributed by atoms with van der Waals surface area (Å²) in [5.74, 6) is 1.73. The van der Waals surface area contributed by atoms with Gasteiger partial charge in [-0.15, -0.1) is 0 Å². The van der Waals surface area contributed by atoms with Gasteiger partial charge < -0.3 is 4.74 Å². The van der Waals surface area contributed by atoms with E-state index in [-0.39, 0.29) is 0 Å². The second-order valence-electron chi connectivity index (χ2n) is 7.17. The third-order valence-electron chi connectivity index (χ3n) is 5.41. The molecule has 1 heteroatoms. The van der Waals surface area contributed by atoms with Gasteiger partial charge in [0.2, 0.25) is 0 Å². The number of ether oxygens (including phenoxy) is 1. The van der Waals surface area contributed by atoms with Crippen molar-refractivity contribution in [2.24, 2.45) is 5.41 Å². The van der Waals surface area contributed by atoms with Crippen molar-refractivity contribution in [2.45, 2.75) is 77.6 Å². The molecule has 0 saturated heterocycles. The Balaban J connectivity index is 1.81. The maximum Gasteiger partial charge on any atom is 0.118 e. The first kappa shape index (κ1) is 16.4. The van der Waals surface area contributed by atoms with Crippen LogP contribution in [0.4, 0.5) is 0 Å². The first-order valence-electron chi connectivity index (χ1n) is 8.81. The molecule has 1 aliphatic rings. The summed E-state index contributed by atoms with van der Waals surface area (Å²) in [6.45, 7) is 4.81. The van der Waals surface area contributed by atoms with Crippen molar-refractivity contribution in [3.63, 3.8) is 0 Å². The zero-order chi connectivity index (χ0) is 15.1. The second-order valence-corrected chi connectivity index (χ2v) is 7.17. The van der Waals surface area contributed by atoms with Crippen LogP contribution in [-0.2, 0) is 0 Å². The highest BCUT2D eigenvalue weighted by molar-refractivity contribution is 5.29. The molecule has 0 aliphatic heterocycles. The summed E-state index contributed by atoms with van der Waals surface area (Å²) < 4.78 is 5.25. The van der Waals surface area contributed by atoms with Gasteiger partial charge in [-0.1, -0.05) is 51.7 Å². The van der Waals surface area contributed by atoms with Crippen molar-refractivity contribution in [1.29, 1.82) is 0 Å². The van der Waals surface area contributed by atoms with Crippen LogP contribution in [0.2, 0.25) is 0 Å². The van der Waals surface area contributed by atoms with Gasteiger partial charge in [0.1, 0.15) is 5.75 Å². The molecule has 1 fully saturated rings. The van der Waals surface area contributed by atoms with Gasteiger partial charge >= 0.3 is 0 Å². The summed E-state index contributed by atoms with van der Waals surface area (Å²) in [5.41, 5.74) is 2.11. The van der Waals surface area contributed by atoms with Gasteiger partial charge in [0.05, 0.1) is 7.11 Å². The third-order valence-corrected chi connectivity index (χ3v) is 5.41. The molecule has 0 radical (unpaired) electrons. The number of benzene rings is 1. The first-order valence-corrected chi connectivity index (χ1v) is 8.81. The van der Waals surface area contributed by atoms with Crippen LogP contribution in [0.5, 0.6) is 5.75 Å². The monoisotopic (exact) mass is 288 g/mol. The van der Waals surface area contributed by atoms with Crippen molar-refractivity contribution in [2.75, 3.05) is 7.11 Å². The highest BCUT2D eigenvalue weighted by atomic mass is 16.5. The standard InChI is InChI=1S/C20H32O/c1-4-5-6-7-14-20(2)15-12-18(13-16-20)17-8-10-19(21-3)11-9-17/h8-11,18H,4-7,12-16H2,1-3H3. The lowest BCUT2D eigenvalue weighted by atomic mass is 9.68. The molecule has 1 aromatic rings. The van der Waals surface area contributed by atoms with E-state index in [2.05, 4.69) is 38.1 Å². The van der Waals surface area contributed by atoms with E-state index in [1.54, 1.807) is 7.11 Å². The molecule has 0 aromatic heterocycles. The highest BCUT2D eigenvalue weighted by Crippen LogP contribution is 2.45. The molecule has 1 nitrogen and oxygen atoms in total. The Morgan fingerprint density at radius 3 is 2.29 bits per heavy atom. The Morgan fingerprint density at radius 1 is 1.05 bits per heavy atom. The predicted molar refractivity (Wildman–Crippen MR) is 91.1 cm³/mol. The highest BCUT2D eigenvalue weighted by Gasteiger charge is 2.30. The van der Waals surface area contributed by atoms with E-state index in [4.69, 9.17) is 4.74 Å². The molecule has 0 spiro atoms. The molecule has 0 amide bonds. The third kappa shape index (κ3) is 4.76. The minimum Gasteiger partial charge on any atom is -0.497 e. The lowest BCUT2D eigenvalue weighted by Gasteiger charge is -2.38. The van der Waals surface area contributed by atoms with E-state index in [1.165, 1.54) is 63.4 Å². The van der Waals surface area contributed by atoms with Gasteiger partial charge in [0.25, 0.3) is 0 Å². The fraction of sp³-hybridized carbons (Fsp3) is 0.700. The van der Waals surface area contributed by atoms with Crippen LogP contribution in [0.15, 0.2) is 24.3 Å². The summed E-state index contributed by atoms with van der Waals surface area (Å²) in [5, 5.41) is 0. The molecule has 1 aromatic carbocycles. The SMILES string of the molecule is CCCCCCC1(C)CCC(c2ccc(OC)cc2)CC1. The average Bonchev–Trinajstić information content (AvgIpc) is 2.53. The minimum absolute atomic E-state index is 0.608. The van der Waals surface area contributed by atoms with Crippen LogP contribution < -0.4 is 4.74 Å². The van der Waals surface area contributed by atoms with Crippen LogP contribution >= 0.6 is 0 Å². The van der Waals surface area contributed by atoms with Crippen molar-refractivity contribution in [3.8, 4) is 5.75 Å². The van der Waals surface area contributed by atoms with Crippen LogP contribution in [0.1, 0.15) is 83.1 Å². The van der Waals surface area contributed by atoms with Crippen LogP contribution in [-0.4, -0.2) is 7.11 Å². The van der Waals surface area contributed by atoms with E-state index in [0.717, 1.165) is 11.7 Å². The zero-order valence-electron chi connectivity index (χ0n) is 14.2. The lowest BCUT2D eigenvalue weighted by Crippen LogP contribution is -2.23. The molecule has 118 valence electrons. The Labute approximate surface area is 131 Å². The fourth-order valence-corrected chi connectivity index (χ4v) is 3.75. The maximum absolute atomic E-state index is 5.25. The number of rotatable bonds is 7. The van der Waals surface area contributed by atoms with Gasteiger partial charge in [-0.05, 0) is 61.1 Å². The summed E-state index contributed by atoms with van der Waals surface area (Å²) >= 11 is 0. The number of unbranched alkanes of at least 4 members (excludes halogenated alkanes) is 3. The van der Waals surface area contributed by atoms with E-state index in [1.807, 2.05) is 0 Å². The van der Waals surface area contributed by atoms with Gasteiger partial charge in [-0.3, -0.25) is 0 Å². The van der Waals surface area contributed by atoms with Gasteiger partial charge in [0, 0.05) is 0 Å². The summed E-state index contributed by atoms with van der Waals surface area (Å²) in [6, 6.07) is 8.72. The molecule has 1 saturated carbocycles. The van der Waals surface area contributed by atoms with Crippen LogP contribution in [0, 0.1) is 5.41 Å². The molecule has 0 atom stereocenters. The Kier molecular flexibility index (Phi) is 6.14. The fourth-order valence-electron chi connectivity index (χ4n) is 3.75. The summed E-state index contributed by atoms with van der Waals surface area (Å²) in [6.07, 6.45) is 12.5. The number of hydrogen-bond donors (Lipinski definition) is 0. The molecule has 0 N–H and O–H groups in total. The molecule has 1 aliphatic carbocycles. The first-order chi connectivity index (χ1) is 10.2. The smallest absolute Gasteiger partial charge is 0.118 e. The normalized spacial score (nSPS) is 25.8. The molecule has 0 bridgehead atoms.